The van der Waals surface area contributed by atoms with E-state index in [0.29, 0.717) is 0 Å². The molecule has 0 radical (unpaired) electrons. The molecule has 0 N–H and O–H groups in total. The van der Waals surface area contributed by atoms with Gasteiger partial charge in [0.25, 0.3) is 0 Å². The lowest BCUT2D eigenvalue weighted by atomic mass is 10.1. The molecular weight excluding hydrogens is 195 g/mol. The highest BCUT2D eigenvalue weighted by Gasteiger charge is 2.19. The number of rotatable bonds is 1. The molecule has 0 unspecified atom stereocenters. The molecule has 0 atom stereocenters. The van der Waals surface area contributed by atoms with Crippen LogP contribution in [-0.2, 0) is 15.8 Å². The highest BCUT2D eigenvalue weighted by atomic mass is 32.3. The van der Waals surface area contributed by atoms with E-state index in [9.17, 15) is 12.3 Å². The maximum Gasteiger partial charge on any atom is 0.335 e. The third kappa shape index (κ3) is 2.27. The second-order valence-corrected chi connectivity index (χ2v) is 5.08. The van der Waals surface area contributed by atoms with Crippen LogP contribution in [0.1, 0.15) is 20.8 Å². The Labute approximate surface area is 76.6 Å². The summed E-state index contributed by atoms with van der Waals surface area (Å²) in [7, 11) is -4.63. The second kappa shape index (κ2) is 2.80. The van der Waals surface area contributed by atoms with E-state index in [2.05, 4.69) is 5.10 Å². The van der Waals surface area contributed by atoms with Crippen LogP contribution in [0.15, 0.2) is 17.3 Å². The van der Waals surface area contributed by atoms with Crippen LogP contribution in [0.4, 0.5) is 3.89 Å². The Morgan fingerprint density at radius 1 is 1.46 bits per heavy atom. The average molecular weight is 206 g/mol. The van der Waals surface area contributed by atoms with E-state index in [1.807, 2.05) is 20.8 Å². The zero-order valence-corrected chi connectivity index (χ0v) is 8.47. The Hall–Kier alpha value is -0.910. The van der Waals surface area contributed by atoms with E-state index < -0.39 is 15.1 Å². The zero-order valence-electron chi connectivity index (χ0n) is 7.65. The molecule has 0 spiro atoms. The first-order valence-electron chi connectivity index (χ1n) is 3.71. The van der Waals surface area contributed by atoms with Crippen molar-refractivity contribution >= 4 is 10.2 Å². The van der Waals surface area contributed by atoms with E-state index in [1.54, 1.807) is 0 Å². The molecule has 0 bridgehead atoms. The van der Waals surface area contributed by atoms with Gasteiger partial charge in [0.05, 0.1) is 11.7 Å². The van der Waals surface area contributed by atoms with Crippen LogP contribution in [0.25, 0.3) is 0 Å². The predicted octanol–water partition coefficient (Wildman–Crippen LogP) is 1.30. The Balaban J connectivity index is 3.16. The highest BCUT2D eigenvalue weighted by Crippen LogP contribution is 2.16. The number of nitrogens with zero attached hydrogens (tertiary/aromatic N) is 2. The van der Waals surface area contributed by atoms with Gasteiger partial charge in [0, 0.05) is 6.20 Å². The fourth-order valence-corrected chi connectivity index (χ4v) is 1.20. The summed E-state index contributed by atoms with van der Waals surface area (Å²) in [5.41, 5.74) is -0.344. The van der Waals surface area contributed by atoms with Gasteiger partial charge in [-0.15, -0.1) is 3.89 Å². The molecule has 0 aliphatic carbocycles. The molecule has 1 heterocycles. The maximum absolute atomic E-state index is 12.4. The standard InChI is InChI=1S/C7H11FN2O2S/c1-7(2,3)10-5-6(4-9-10)13(8,11)12/h4-5H,1-3H3. The van der Waals surface area contributed by atoms with Crippen molar-refractivity contribution in [1.29, 1.82) is 0 Å². The van der Waals surface area contributed by atoms with Crippen LogP contribution < -0.4 is 0 Å². The largest absolute Gasteiger partial charge is 0.335 e. The van der Waals surface area contributed by atoms with Crippen LogP contribution in [0.3, 0.4) is 0 Å². The summed E-state index contributed by atoms with van der Waals surface area (Å²) in [5.74, 6) is 0. The molecule has 0 fully saturated rings. The van der Waals surface area contributed by atoms with Gasteiger partial charge in [0.1, 0.15) is 4.90 Å². The average Bonchev–Trinajstić information content (AvgIpc) is 2.28. The number of hydrogen-bond donors (Lipinski definition) is 0. The molecule has 74 valence electrons. The van der Waals surface area contributed by atoms with Gasteiger partial charge < -0.3 is 0 Å². The van der Waals surface area contributed by atoms with Gasteiger partial charge in [-0.05, 0) is 20.8 Å². The van der Waals surface area contributed by atoms with Gasteiger partial charge in [-0.25, -0.2) is 0 Å². The van der Waals surface area contributed by atoms with Gasteiger partial charge in [0.15, 0.2) is 0 Å². The van der Waals surface area contributed by atoms with Crippen LogP contribution in [0, 0.1) is 0 Å². The lowest BCUT2D eigenvalue weighted by Gasteiger charge is -2.18. The zero-order chi connectivity index (χ0) is 10.3. The van der Waals surface area contributed by atoms with Gasteiger partial charge in [0.2, 0.25) is 0 Å². The first kappa shape index (κ1) is 10.2. The quantitative estimate of drug-likeness (QED) is 0.651. The number of halogens is 1. The van der Waals surface area contributed by atoms with E-state index in [4.69, 9.17) is 0 Å². The van der Waals surface area contributed by atoms with Crippen LogP contribution in [0.2, 0.25) is 0 Å². The van der Waals surface area contributed by atoms with E-state index in [0.717, 1.165) is 6.20 Å². The van der Waals surface area contributed by atoms with Gasteiger partial charge >= 0.3 is 10.2 Å². The summed E-state index contributed by atoms with van der Waals surface area (Å²) in [4.78, 5) is -0.401. The smallest absolute Gasteiger partial charge is 0.266 e. The molecule has 0 saturated heterocycles. The third-order valence-electron chi connectivity index (χ3n) is 1.53. The molecule has 13 heavy (non-hydrogen) atoms. The number of aromatic nitrogens is 2. The van der Waals surface area contributed by atoms with Crippen molar-refractivity contribution in [3.8, 4) is 0 Å². The van der Waals surface area contributed by atoms with E-state index in [1.165, 1.54) is 10.9 Å². The summed E-state index contributed by atoms with van der Waals surface area (Å²) < 4.78 is 34.8. The highest BCUT2D eigenvalue weighted by molar-refractivity contribution is 7.86. The summed E-state index contributed by atoms with van der Waals surface area (Å²) >= 11 is 0. The molecule has 0 aromatic carbocycles. The molecule has 1 rings (SSSR count). The molecular formula is C7H11FN2O2S. The minimum atomic E-state index is -4.63. The fourth-order valence-electron chi connectivity index (χ4n) is 0.799. The first-order chi connectivity index (χ1) is 5.71. The summed E-state index contributed by atoms with van der Waals surface area (Å²) in [6, 6.07) is 0. The Bertz CT molecular complexity index is 402. The number of hydrogen-bond acceptors (Lipinski definition) is 3. The molecule has 0 amide bonds. The summed E-state index contributed by atoms with van der Waals surface area (Å²) in [6.45, 7) is 5.53. The first-order valence-corrected chi connectivity index (χ1v) is 5.09. The van der Waals surface area contributed by atoms with Crippen molar-refractivity contribution in [2.24, 2.45) is 0 Å². The topological polar surface area (TPSA) is 52.0 Å². The lowest BCUT2D eigenvalue weighted by molar-refractivity contribution is 0.355. The molecule has 0 aliphatic heterocycles. The summed E-state index contributed by atoms with van der Waals surface area (Å²) in [5, 5.41) is 3.75. The van der Waals surface area contributed by atoms with Crippen molar-refractivity contribution in [3.63, 3.8) is 0 Å². The fraction of sp³-hybridized carbons (Fsp3) is 0.571. The monoisotopic (exact) mass is 206 g/mol. The molecule has 1 aromatic heterocycles. The third-order valence-corrected chi connectivity index (χ3v) is 2.30. The molecule has 0 saturated carbocycles. The van der Waals surface area contributed by atoms with Crippen molar-refractivity contribution in [2.45, 2.75) is 31.2 Å². The molecule has 6 heteroatoms. The van der Waals surface area contributed by atoms with E-state index in [-0.39, 0.29) is 5.54 Å². The van der Waals surface area contributed by atoms with Crippen molar-refractivity contribution < 1.29 is 12.3 Å². The molecule has 4 nitrogen and oxygen atoms in total. The molecule has 1 aromatic rings. The minimum Gasteiger partial charge on any atom is -0.266 e. The Morgan fingerprint density at radius 3 is 2.23 bits per heavy atom. The molecule has 0 aliphatic rings. The van der Waals surface area contributed by atoms with E-state index >= 15 is 0 Å². The SMILES string of the molecule is CC(C)(C)n1cc(S(=O)(=O)F)cn1. The van der Waals surface area contributed by atoms with Gasteiger partial charge in [-0.1, -0.05) is 0 Å². The van der Waals surface area contributed by atoms with Gasteiger partial charge in [-0.2, -0.15) is 13.5 Å². The Kier molecular flexibility index (Phi) is 2.19. The lowest BCUT2D eigenvalue weighted by Crippen LogP contribution is -2.21. The minimum absolute atomic E-state index is 0.344. The predicted molar refractivity (Wildman–Crippen MR) is 45.5 cm³/mol. The van der Waals surface area contributed by atoms with Crippen LogP contribution in [-0.4, -0.2) is 18.2 Å². The van der Waals surface area contributed by atoms with Crippen LogP contribution >= 0.6 is 0 Å². The van der Waals surface area contributed by atoms with Crippen LogP contribution in [0.5, 0.6) is 0 Å². The summed E-state index contributed by atoms with van der Waals surface area (Å²) in [6.07, 6.45) is 2.18. The van der Waals surface area contributed by atoms with Crippen molar-refractivity contribution in [1.82, 2.24) is 9.78 Å². The maximum atomic E-state index is 12.4. The normalized spacial score (nSPS) is 13.2. The van der Waals surface area contributed by atoms with Gasteiger partial charge in [-0.3, -0.25) is 4.68 Å². The van der Waals surface area contributed by atoms with Crippen molar-refractivity contribution in [3.05, 3.63) is 12.4 Å². The second-order valence-electron chi connectivity index (χ2n) is 3.73. The van der Waals surface area contributed by atoms with Crippen molar-refractivity contribution in [2.75, 3.05) is 0 Å². The Morgan fingerprint density at radius 2 is 2.00 bits per heavy atom.